The maximum absolute atomic E-state index is 11.1. The van der Waals surface area contributed by atoms with Crippen LogP contribution in [0.25, 0.3) is 0 Å². The maximum atomic E-state index is 11.1. The Hall–Kier alpha value is -1.93. The van der Waals surface area contributed by atoms with Gasteiger partial charge in [-0.2, -0.15) is 0 Å². The molecule has 266 valence electrons. The summed E-state index contributed by atoms with van der Waals surface area (Å²) in [5, 5.41) is 10.0. The summed E-state index contributed by atoms with van der Waals surface area (Å²) in [7, 11) is -2.68. The summed E-state index contributed by atoms with van der Waals surface area (Å²) in [6.07, 6.45) is 4.15. The van der Waals surface area contributed by atoms with Crippen molar-refractivity contribution in [2.75, 3.05) is 24.7 Å². The van der Waals surface area contributed by atoms with Gasteiger partial charge in [-0.3, -0.25) is 9.59 Å². The predicted molar refractivity (Wildman–Crippen MR) is 191 cm³/mol. The van der Waals surface area contributed by atoms with Crippen molar-refractivity contribution in [1.82, 2.24) is 4.90 Å². The number of rotatable bonds is 0. The van der Waals surface area contributed by atoms with E-state index in [2.05, 4.69) is 107 Å². The van der Waals surface area contributed by atoms with Crippen molar-refractivity contribution >= 4 is 21.7 Å². The lowest BCUT2D eigenvalue weighted by molar-refractivity contribution is -0.143. The van der Waals surface area contributed by atoms with E-state index in [0.29, 0.717) is 35.9 Å². The number of amides is 1. The Kier molecular flexibility index (Phi) is 14.6. The van der Waals surface area contributed by atoms with Crippen LogP contribution in [0.4, 0.5) is 0 Å². The minimum absolute atomic E-state index is 0. The van der Waals surface area contributed by atoms with Crippen LogP contribution >= 0.6 is 0 Å². The molecule has 3 fully saturated rings. The molecule has 0 spiro atoms. The number of sulfone groups is 1. The molecule has 1 aromatic carbocycles. The molecule has 3 aliphatic heterocycles. The molecule has 8 heteroatoms. The molecule has 5 rings (SSSR count). The topological polar surface area (TPSA) is 101 Å². The van der Waals surface area contributed by atoms with Gasteiger partial charge in [0.05, 0.1) is 30.1 Å². The number of nitrogens with zero attached hydrogens (tertiary/aromatic N) is 1. The Morgan fingerprint density at radius 2 is 1.43 bits per heavy atom. The summed E-state index contributed by atoms with van der Waals surface area (Å²) in [5.74, 6) is 1.87. The van der Waals surface area contributed by atoms with E-state index in [-0.39, 0.29) is 47.2 Å². The van der Waals surface area contributed by atoms with Crippen molar-refractivity contribution < 1.29 is 27.9 Å². The highest BCUT2D eigenvalue weighted by Crippen LogP contribution is 2.44. The first-order chi connectivity index (χ1) is 20.3. The summed E-state index contributed by atoms with van der Waals surface area (Å²) in [6.45, 7) is 26.9. The largest absolute Gasteiger partial charge is 0.465 e. The van der Waals surface area contributed by atoms with E-state index in [1.807, 2.05) is 4.90 Å². The highest BCUT2D eigenvalue weighted by atomic mass is 32.2. The van der Waals surface area contributed by atoms with E-state index in [4.69, 9.17) is 4.74 Å². The third-order valence-corrected chi connectivity index (χ3v) is 11.2. The Bertz CT molecular complexity index is 1210. The molecule has 7 nitrogen and oxygen atoms in total. The second kappa shape index (κ2) is 16.0. The van der Waals surface area contributed by atoms with E-state index in [9.17, 15) is 23.1 Å². The van der Waals surface area contributed by atoms with Crippen LogP contribution in [0, 0.1) is 28.1 Å². The molecule has 1 N–H and O–H groups in total. The molecule has 46 heavy (non-hydrogen) atoms. The van der Waals surface area contributed by atoms with Gasteiger partial charge >= 0.3 is 5.97 Å². The van der Waals surface area contributed by atoms with Crippen molar-refractivity contribution in [3.63, 3.8) is 0 Å². The van der Waals surface area contributed by atoms with Crippen LogP contribution < -0.4 is 0 Å². The molecule has 3 saturated heterocycles. The molecule has 1 aromatic rings. The molecule has 4 atom stereocenters. The van der Waals surface area contributed by atoms with Crippen LogP contribution in [0.15, 0.2) is 24.3 Å². The van der Waals surface area contributed by atoms with Crippen molar-refractivity contribution in [2.24, 2.45) is 28.1 Å². The van der Waals surface area contributed by atoms with E-state index in [1.165, 1.54) is 11.1 Å². The summed E-state index contributed by atoms with van der Waals surface area (Å²) in [6, 6.07) is 8.40. The maximum Gasteiger partial charge on any atom is 0.309 e. The number of fused-ring (bicyclic) bond motifs is 1. The van der Waals surface area contributed by atoms with Gasteiger partial charge in [0.1, 0.15) is 0 Å². The number of aliphatic hydroxyl groups excluding tert-OH is 1. The third-order valence-electron chi connectivity index (χ3n) is 9.46. The molecule has 0 aromatic heterocycles. The van der Waals surface area contributed by atoms with Gasteiger partial charge in [-0.1, -0.05) is 94.0 Å². The normalized spacial score (nSPS) is 25.5. The number of benzene rings is 1. The third kappa shape index (κ3) is 12.3. The summed E-state index contributed by atoms with van der Waals surface area (Å²) >= 11 is 0. The van der Waals surface area contributed by atoms with Crippen LogP contribution in [-0.2, 0) is 30.6 Å². The monoisotopic (exact) mass is 665 g/mol. The summed E-state index contributed by atoms with van der Waals surface area (Å²) in [4.78, 5) is 24.1. The SMILES string of the molecule is C.CC(C)(C)C1CCOC1=O.CC(C)(C)C1CCS(=O)(=O)C1.CC(C)(C)C1c2ccccc2CC1O.CC(C)(C)N1CCCC1=O. The van der Waals surface area contributed by atoms with Crippen molar-refractivity contribution in [2.45, 2.75) is 140 Å². The van der Waals surface area contributed by atoms with Crippen LogP contribution in [0.2, 0.25) is 0 Å². The smallest absolute Gasteiger partial charge is 0.309 e. The van der Waals surface area contributed by atoms with Gasteiger partial charge in [-0.15, -0.1) is 0 Å². The highest BCUT2D eigenvalue weighted by molar-refractivity contribution is 7.91. The van der Waals surface area contributed by atoms with Gasteiger partial charge in [0.2, 0.25) is 5.91 Å². The second-order valence-electron chi connectivity index (χ2n) is 17.5. The van der Waals surface area contributed by atoms with E-state index < -0.39 is 9.84 Å². The number of likely N-dealkylation sites (tertiary alicyclic amines) is 1. The Labute approximate surface area is 282 Å². The average Bonchev–Trinajstić information content (AvgIpc) is 3.64. The first kappa shape index (κ1) is 42.1. The molecular formula is C38H67NO6S. The number of hydrogen-bond donors (Lipinski definition) is 1. The van der Waals surface area contributed by atoms with Gasteiger partial charge in [0.25, 0.3) is 0 Å². The fraction of sp³-hybridized carbons (Fsp3) is 0.789. The standard InChI is InChI=1S/C13H18O.C8H15NO.C8H16O2S.C8H14O2.CH4/c1-13(2,3)12-10-7-5-4-6-9(10)8-11(12)14;1-8(2,3)9-6-4-5-7(9)10;1-8(2,3)7-4-5-11(9,10)6-7;1-8(2,3)6-4-5-10-7(6)9;/h4-7,11-12,14H,8H2,1-3H3;4-6H2,1-3H3;7H,4-6H2,1-3H3;6H,4-5H2,1-3H3;1H4. The molecule has 0 saturated carbocycles. The number of hydrogen-bond acceptors (Lipinski definition) is 6. The van der Waals surface area contributed by atoms with Crippen molar-refractivity contribution in [3.05, 3.63) is 35.4 Å². The Morgan fingerprint density at radius 1 is 0.848 bits per heavy atom. The quantitative estimate of drug-likeness (QED) is 0.284. The van der Waals surface area contributed by atoms with E-state index >= 15 is 0 Å². The Morgan fingerprint density at radius 3 is 1.76 bits per heavy atom. The van der Waals surface area contributed by atoms with Crippen molar-refractivity contribution in [3.8, 4) is 0 Å². The average molecular weight is 666 g/mol. The molecule has 0 bridgehead atoms. The summed E-state index contributed by atoms with van der Waals surface area (Å²) in [5.41, 5.74) is 3.07. The van der Waals surface area contributed by atoms with Crippen LogP contribution in [0.3, 0.4) is 0 Å². The molecule has 3 heterocycles. The Balaban J connectivity index is 0.000000308. The minimum atomic E-state index is -2.68. The lowest BCUT2D eigenvalue weighted by Crippen LogP contribution is -2.41. The van der Waals surface area contributed by atoms with Crippen LogP contribution in [0.1, 0.15) is 133 Å². The number of carbonyl (C=O) groups excluding carboxylic acids is 2. The van der Waals surface area contributed by atoms with Gasteiger partial charge in [-0.05, 0) is 79.7 Å². The van der Waals surface area contributed by atoms with Gasteiger partial charge in [0, 0.05) is 24.4 Å². The number of ether oxygens (including phenoxy) is 1. The highest BCUT2D eigenvalue weighted by Gasteiger charge is 2.39. The second-order valence-corrected chi connectivity index (χ2v) is 19.7. The zero-order valence-corrected chi connectivity index (χ0v) is 31.1. The first-order valence-corrected chi connectivity index (χ1v) is 18.6. The van der Waals surface area contributed by atoms with E-state index in [0.717, 1.165) is 38.6 Å². The molecule has 1 amide bonds. The van der Waals surface area contributed by atoms with Gasteiger partial charge < -0.3 is 14.7 Å². The first-order valence-electron chi connectivity index (χ1n) is 16.8. The van der Waals surface area contributed by atoms with Gasteiger partial charge in [-0.25, -0.2) is 8.42 Å². The minimum Gasteiger partial charge on any atom is -0.465 e. The fourth-order valence-corrected chi connectivity index (χ4v) is 8.83. The molecule has 4 aliphatic rings. The van der Waals surface area contributed by atoms with Crippen LogP contribution in [-0.4, -0.2) is 66.6 Å². The number of cyclic esters (lactones) is 1. The zero-order chi connectivity index (χ0) is 34.6. The predicted octanol–water partition coefficient (Wildman–Crippen LogP) is 7.84. The van der Waals surface area contributed by atoms with Crippen molar-refractivity contribution in [1.29, 1.82) is 0 Å². The number of esters is 1. The van der Waals surface area contributed by atoms with Gasteiger partial charge in [0.15, 0.2) is 9.84 Å². The van der Waals surface area contributed by atoms with Crippen LogP contribution in [0.5, 0.6) is 0 Å². The number of aliphatic hydroxyl groups is 1. The molecule has 1 aliphatic carbocycles. The lowest BCUT2D eigenvalue weighted by atomic mass is 9.76. The fourth-order valence-electron chi connectivity index (χ4n) is 6.74. The lowest BCUT2D eigenvalue weighted by Gasteiger charge is -2.31. The molecule has 0 radical (unpaired) electrons. The zero-order valence-electron chi connectivity index (χ0n) is 30.3. The number of carbonyl (C=O) groups is 2. The summed E-state index contributed by atoms with van der Waals surface area (Å²) < 4.78 is 27.0. The van der Waals surface area contributed by atoms with E-state index in [1.54, 1.807) is 0 Å². The molecular weight excluding hydrogens is 598 g/mol. The molecule has 4 unspecified atom stereocenters.